The van der Waals surface area contributed by atoms with Crippen LogP contribution in [-0.2, 0) is 14.9 Å². The number of carbonyl (C=O) groups is 1. The summed E-state index contributed by atoms with van der Waals surface area (Å²) in [6.45, 7) is 2.42. The maximum Gasteiger partial charge on any atom is 0.316 e. The van der Waals surface area contributed by atoms with Crippen LogP contribution in [0, 0.1) is 0 Å². The summed E-state index contributed by atoms with van der Waals surface area (Å²) in [4.78, 5) is 11.6. The Bertz CT molecular complexity index is 386. The molecule has 1 aromatic carbocycles. The van der Waals surface area contributed by atoms with Gasteiger partial charge in [-0.25, -0.2) is 0 Å². The predicted octanol–water partition coefficient (Wildman–Crippen LogP) is 1.90. The number of methoxy groups -OCH3 is 1. The molecule has 0 aliphatic carbocycles. The van der Waals surface area contributed by atoms with E-state index in [-0.39, 0.29) is 5.97 Å². The fourth-order valence-electron chi connectivity index (χ4n) is 1.84. The number of hydrogen-bond donors (Lipinski definition) is 0. The van der Waals surface area contributed by atoms with E-state index in [1.54, 1.807) is 7.11 Å². The van der Waals surface area contributed by atoms with Crippen LogP contribution in [0.4, 0.5) is 0 Å². The van der Waals surface area contributed by atoms with E-state index in [0.29, 0.717) is 6.61 Å². The molecular formula is C12H14O3. The molecule has 1 aliphatic rings. The lowest BCUT2D eigenvalue weighted by atomic mass is 9.81. The van der Waals surface area contributed by atoms with Gasteiger partial charge in [0, 0.05) is 6.42 Å². The van der Waals surface area contributed by atoms with Gasteiger partial charge >= 0.3 is 5.97 Å². The molecular weight excluding hydrogens is 192 g/mol. The number of carbonyl (C=O) groups excluding carboxylic acids is 1. The van der Waals surface area contributed by atoms with E-state index in [2.05, 4.69) is 0 Å². The van der Waals surface area contributed by atoms with Crippen LogP contribution in [0.5, 0.6) is 5.75 Å². The highest BCUT2D eigenvalue weighted by atomic mass is 16.5. The molecule has 1 aliphatic heterocycles. The highest BCUT2D eigenvalue weighted by Crippen LogP contribution is 2.35. The van der Waals surface area contributed by atoms with Crippen LogP contribution < -0.4 is 4.74 Å². The molecule has 0 N–H and O–H groups in total. The van der Waals surface area contributed by atoms with Crippen molar-refractivity contribution >= 4 is 5.97 Å². The van der Waals surface area contributed by atoms with Crippen LogP contribution in [0.15, 0.2) is 24.3 Å². The summed E-state index contributed by atoms with van der Waals surface area (Å²) >= 11 is 0. The molecule has 2 rings (SSSR count). The van der Waals surface area contributed by atoms with Gasteiger partial charge < -0.3 is 9.47 Å². The van der Waals surface area contributed by atoms with Gasteiger partial charge in [-0.3, -0.25) is 4.79 Å². The van der Waals surface area contributed by atoms with E-state index in [1.807, 2.05) is 31.2 Å². The predicted molar refractivity (Wildman–Crippen MR) is 55.9 cm³/mol. The first-order valence-corrected chi connectivity index (χ1v) is 4.98. The van der Waals surface area contributed by atoms with Crippen LogP contribution in [0.3, 0.4) is 0 Å². The van der Waals surface area contributed by atoms with Gasteiger partial charge in [-0.15, -0.1) is 0 Å². The van der Waals surface area contributed by atoms with E-state index in [1.165, 1.54) is 0 Å². The molecule has 0 unspecified atom stereocenters. The van der Waals surface area contributed by atoms with E-state index in [0.717, 1.165) is 17.7 Å². The van der Waals surface area contributed by atoms with Crippen molar-refractivity contribution in [3.8, 4) is 5.75 Å². The lowest BCUT2D eigenvalue weighted by molar-refractivity contribution is -0.142. The summed E-state index contributed by atoms with van der Waals surface area (Å²) in [5, 5.41) is 0. The maximum atomic E-state index is 11.6. The van der Waals surface area contributed by atoms with Crippen LogP contribution in [-0.4, -0.2) is 19.7 Å². The zero-order chi connectivity index (χ0) is 10.9. The Morgan fingerprint density at radius 1 is 1.47 bits per heavy atom. The molecule has 15 heavy (non-hydrogen) atoms. The minimum atomic E-state index is -0.505. The number of cyclic esters (lactones) is 1. The van der Waals surface area contributed by atoms with Gasteiger partial charge in [0.2, 0.25) is 0 Å². The van der Waals surface area contributed by atoms with Gasteiger partial charge in [-0.05, 0) is 24.6 Å². The third kappa shape index (κ3) is 1.58. The molecule has 3 nitrogen and oxygen atoms in total. The first-order valence-electron chi connectivity index (χ1n) is 4.98. The second-order valence-corrected chi connectivity index (χ2v) is 3.95. The van der Waals surface area contributed by atoms with Crippen molar-refractivity contribution < 1.29 is 14.3 Å². The van der Waals surface area contributed by atoms with Crippen molar-refractivity contribution in [3.63, 3.8) is 0 Å². The second-order valence-electron chi connectivity index (χ2n) is 3.95. The average molecular weight is 206 g/mol. The Morgan fingerprint density at radius 2 is 2.27 bits per heavy atom. The largest absolute Gasteiger partial charge is 0.497 e. The first-order chi connectivity index (χ1) is 7.16. The molecule has 0 spiro atoms. The molecule has 80 valence electrons. The van der Waals surface area contributed by atoms with Crippen molar-refractivity contribution in [3.05, 3.63) is 29.8 Å². The van der Waals surface area contributed by atoms with Gasteiger partial charge in [0.1, 0.15) is 5.75 Å². The zero-order valence-corrected chi connectivity index (χ0v) is 8.95. The third-order valence-electron chi connectivity index (χ3n) is 2.99. The number of rotatable bonds is 2. The van der Waals surface area contributed by atoms with E-state index in [4.69, 9.17) is 9.47 Å². The van der Waals surface area contributed by atoms with E-state index >= 15 is 0 Å². The molecule has 0 aromatic heterocycles. The highest BCUT2D eigenvalue weighted by Gasteiger charge is 2.41. The number of hydrogen-bond acceptors (Lipinski definition) is 3. The lowest BCUT2D eigenvalue weighted by Crippen LogP contribution is -2.27. The molecule has 1 atom stereocenters. The smallest absolute Gasteiger partial charge is 0.316 e. The summed E-state index contributed by atoms with van der Waals surface area (Å²) in [7, 11) is 1.62. The minimum Gasteiger partial charge on any atom is -0.497 e. The van der Waals surface area contributed by atoms with Crippen molar-refractivity contribution in [1.82, 2.24) is 0 Å². The van der Waals surface area contributed by atoms with Crippen LogP contribution in [0.2, 0.25) is 0 Å². The van der Waals surface area contributed by atoms with Gasteiger partial charge in [0.25, 0.3) is 0 Å². The Morgan fingerprint density at radius 3 is 2.87 bits per heavy atom. The number of benzene rings is 1. The van der Waals surface area contributed by atoms with E-state index in [9.17, 15) is 4.79 Å². The summed E-state index contributed by atoms with van der Waals surface area (Å²) in [5.74, 6) is 0.629. The Kier molecular flexibility index (Phi) is 2.39. The number of esters is 1. The minimum absolute atomic E-state index is 0.143. The average Bonchev–Trinajstić information content (AvgIpc) is 2.61. The van der Waals surface area contributed by atoms with Crippen molar-refractivity contribution in [2.75, 3.05) is 13.7 Å². The summed E-state index contributed by atoms with van der Waals surface area (Å²) in [6.07, 6.45) is 0.735. The molecule has 1 heterocycles. The molecule has 3 heteroatoms. The van der Waals surface area contributed by atoms with Crippen molar-refractivity contribution in [1.29, 1.82) is 0 Å². The van der Waals surface area contributed by atoms with Crippen LogP contribution >= 0.6 is 0 Å². The topological polar surface area (TPSA) is 35.5 Å². The fourth-order valence-corrected chi connectivity index (χ4v) is 1.84. The van der Waals surface area contributed by atoms with Gasteiger partial charge in [-0.2, -0.15) is 0 Å². The number of ether oxygens (including phenoxy) is 2. The molecule has 1 saturated heterocycles. The molecule has 0 amide bonds. The van der Waals surface area contributed by atoms with Crippen LogP contribution in [0.25, 0.3) is 0 Å². The first kappa shape index (κ1) is 10.0. The van der Waals surface area contributed by atoms with Gasteiger partial charge in [0.05, 0.1) is 19.1 Å². The highest BCUT2D eigenvalue weighted by molar-refractivity contribution is 5.84. The van der Waals surface area contributed by atoms with Crippen LogP contribution in [0.1, 0.15) is 18.9 Å². The molecule has 1 aromatic rings. The zero-order valence-electron chi connectivity index (χ0n) is 8.95. The van der Waals surface area contributed by atoms with E-state index < -0.39 is 5.41 Å². The standard InChI is InChI=1S/C12H14O3/c1-12(6-7-15-11(12)13)9-4-3-5-10(8-9)14-2/h3-5,8H,6-7H2,1-2H3/t12-/m0/s1. The van der Waals surface area contributed by atoms with Crippen molar-refractivity contribution in [2.45, 2.75) is 18.8 Å². The Labute approximate surface area is 89.0 Å². The quantitative estimate of drug-likeness (QED) is 0.693. The Hall–Kier alpha value is -1.51. The molecule has 0 radical (unpaired) electrons. The summed E-state index contributed by atoms with van der Waals surface area (Å²) < 4.78 is 10.2. The van der Waals surface area contributed by atoms with Gasteiger partial charge in [-0.1, -0.05) is 12.1 Å². The fraction of sp³-hybridized carbons (Fsp3) is 0.417. The summed E-state index contributed by atoms with van der Waals surface area (Å²) in [5.41, 5.74) is 0.457. The molecule has 0 saturated carbocycles. The molecule has 0 bridgehead atoms. The third-order valence-corrected chi connectivity index (χ3v) is 2.99. The van der Waals surface area contributed by atoms with Crippen molar-refractivity contribution in [2.24, 2.45) is 0 Å². The second kappa shape index (κ2) is 3.57. The maximum absolute atomic E-state index is 11.6. The monoisotopic (exact) mass is 206 g/mol. The Balaban J connectivity index is 2.39. The molecule has 1 fully saturated rings. The summed E-state index contributed by atoms with van der Waals surface area (Å²) in [6, 6.07) is 7.60. The lowest BCUT2D eigenvalue weighted by Gasteiger charge is -2.19. The SMILES string of the molecule is COc1cccc([C@]2(C)CCOC2=O)c1. The normalized spacial score (nSPS) is 25.1. The van der Waals surface area contributed by atoms with Gasteiger partial charge in [0.15, 0.2) is 0 Å².